The molecule has 0 aliphatic heterocycles. The Morgan fingerprint density at radius 2 is 1.81 bits per heavy atom. The van der Waals surface area contributed by atoms with Gasteiger partial charge in [-0.2, -0.15) is 0 Å². The van der Waals surface area contributed by atoms with Crippen LogP contribution in [0.25, 0.3) is 0 Å². The molecule has 0 unspecified atom stereocenters. The van der Waals surface area contributed by atoms with Crippen molar-refractivity contribution in [3.05, 3.63) is 29.8 Å². The highest BCUT2D eigenvalue weighted by molar-refractivity contribution is 5.96. The molecule has 1 amide bonds. The third-order valence-corrected chi connectivity index (χ3v) is 2.92. The summed E-state index contributed by atoms with van der Waals surface area (Å²) in [6.45, 7) is 2.22. The predicted molar refractivity (Wildman–Crippen MR) is 79.4 cm³/mol. The second-order valence-electron chi connectivity index (χ2n) is 4.92. The lowest BCUT2D eigenvalue weighted by atomic mass is 10.1. The van der Waals surface area contributed by atoms with Crippen molar-refractivity contribution in [2.45, 2.75) is 19.8 Å². The monoisotopic (exact) mass is 292 g/mol. The summed E-state index contributed by atoms with van der Waals surface area (Å²) in [5, 5.41) is 11.3. The summed E-state index contributed by atoms with van der Waals surface area (Å²) in [5.41, 5.74) is 1.22. The molecule has 0 aliphatic rings. The number of Topliss-reactive ketones (excluding diaryl/α,β-unsaturated/α-hetero) is 1. The van der Waals surface area contributed by atoms with Gasteiger partial charge in [0.25, 0.3) is 0 Å². The number of amides is 1. The van der Waals surface area contributed by atoms with Crippen molar-refractivity contribution in [3.8, 4) is 0 Å². The molecule has 1 aromatic carbocycles. The summed E-state index contributed by atoms with van der Waals surface area (Å²) in [4.78, 5) is 35.1. The Bertz CT molecular complexity index is 511. The number of likely N-dealkylation sites (N-methyl/N-ethyl adjacent to an activating group) is 1. The van der Waals surface area contributed by atoms with Crippen molar-refractivity contribution in [2.24, 2.45) is 0 Å². The van der Waals surface area contributed by atoms with Gasteiger partial charge in [0.2, 0.25) is 5.91 Å². The number of carboxylic acids is 1. The number of carbonyl (C=O) groups is 3. The topological polar surface area (TPSA) is 86.7 Å². The van der Waals surface area contributed by atoms with Crippen LogP contribution >= 0.6 is 0 Å². The molecule has 0 atom stereocenters. The van der Waals surface area contributed by atoms with Gasteiger partial charge in [0, 0.05) is 17.7 Å². The zero-order chi connectivity index (χ0) is 15.8. The van der Waals surface area contributed by atoms with Gasteiger partial charge in [-0.3, -0.25) is 19.3 Å². The molecule has 6 heteroatoms. The zero-order valence-corrected chi connectivity index (χ0v) is 12.3. The number of benzene rings is 1. The van der Waals surface area contributed by atoms with Crippen LogP contribution < -0.4 is 5.32 Å². The van der Waals surface area contributed by atoms with Crippen LogP contribution in [0.15, 0.2) is 24.3 Å². The van der Waals surface area contributed by atoms with Crippen LogP contribution in [-0.4, -0.2) is 47.8 Å². The first-order valence-corrected chi connectivity index (χ1v) is 6.69. The molecule has 0 radical (unpaired) electrons. The largest absolute Gasteiger partial charge is 0.481 e. The number of hydrogen-bond donors (Lipinski definition) is 2. The standard InChI is InChI=1S/C15H20N2O4/c1-11(18)12-5-7-13(8-6-12)16-14(19)10-17(2)9-3-4-15(20)21/h5-8H,3-4,9-10H2,1-2H3,(H,16,19)(H,20,21). The van der Waals surface area contributed by atoms with E-state index in [-0.39, 0.29) is 24.7 Å². The number of nitrogens with zero attached hydrogens (tertiary/aromatic N) is 1. The number of hydrogen-bond acceptors (Lipinski definition) is 4. The summed E-state index contributed by atoms with van der Waals surface area (Å²) in [7, 11) is 1.76. The first-order valence-electron chi connectivity index (χ1n) is 6.69. The van der Waals surface area contributed by atoms with Crippen LogP contribution in [-0.2, 0) is 9.59 Å². The number of carbonyl (C=O) groups excluding carboxylic acids is 2. The third kappa shape index (κ3) is 6.67. The summed E-state index contributed by atoms with van der Waals surface area (Å²) in [6.07, 6.45) is 0.602. The maximum Gasteiger partial charge on any atom is 0.303 e. The van der Waals surface area contributed by atoms with Crippen molar-refractivity contribution >= 4 is 23.3 Å². The molecule has 1 rings (SSSR count). The Labute approximate surface area is 123 Å². The lowest BCUT2D eigenvalue weighted by Gasteiger charge is -2.15. The molecule has 0 fully saturated rings. The number of nitrogens with one attached hydrogen (secondary N) is 1. The highest BCUT2D eigenvalue weighted by atomic mass is 16.4. The van der Waals surface area contributed by atoms with Gasteiger partial charge in [-0.05, 0) is 51.2 Å². The summed E-state index contributed by atoms with van der Waals surface area (Å²) < 4.78 is 0. The second kappa shape index (κ2) is 8.16. The Hall–Kier alpha value is -2.21. The maximum absolute atomic E-state index is 11.8. The zero-order valence-electron chi connectivity index (χ0n) is 12.3. The highest BCUT2D eigenvalue weighted by Gasteiger charge is 2.08. The highest BCUT2D eigenvalue weighted by Crippen LogP contribution is 2.10. The van der Waals surface area contributed by atoms with Crippen LogP contribution in [0, 0.1) is 0 Å². The van der Waals surface area contributed by atoms with Crippen molar-refractivity contribution < 1.29 is 19.5 Å². The van der Waals surface area contributed by atoms with E-state index in [2.05, 4.69) is 5.32 Å². The van der Waals surface area contributed by atoms with Gasteiger partial charge in [-0.1, -0.05) is 0 Å². The van der Waals surface area contributed by atoms with Gasteiger partial charge in [0.05, 0.1) is 6.54 Å². The average Bonchev–Trinajstić information content (AvgIpc) is 2.38. The maximum atomic E-state index is 11.8. The molecule has 114 valence electrons. The lowest BCUT2D eigenvalue weighted by Crippen LogP contribution is -2.31. The van der Waals surface area contributed by atoms with Crippen LogP contribution in [0.3, 0.4) is 0 Å². The van der Waals surface area contributed by atoms with Crippen molar-refractivity contribution in [1.82, 2.24) is 4.90 Å². The average molecular weight is 292 g/mol. The van der Waals surface area contributed by atoms with Gasteiger partial charge < -0.3 is 10.4 Å². The van der Waals surface area contributed by atoms with Crippen LogP contribution in [0.4, 0.5) is 5.69 Å². The minimum absolute atomic E-state index is 0.0222. The van der Waals surface area contributed by atoms with E-state index in [4.69, 9.17) is 5.11 Å². The molecule has 0 saturated carbocycles. The SMILES string of the molecule is CC(=O)c1ccc(NC(=O)CN(C)CCCC(=O)O)cc1. The predicted octanol–water partition coefficient (Wildman–Crippen LogP) is 1.62. The number of aliphatic carboxylic acids is 1. The van der Waals surface area contributed by atoms with E-state index in [1.807, 2.05) is 0 Å². The Morgan fingerprint density at radius 1 is 1.19 bits per heavy atom. The number of carboxylic acid groups (broad SMARTS) is 1. The van der Waals surface area contributed by atoms with Crippen LogP contribution in [0.5, 0.6) is 0 Å². The fraction of sp³-hybridized carbons (Fsp3) is 0.400. The Kier molecular flexibility index (Phi) is 6.55. The third-order valence-electron chi connectivity index (χ3n) is 2.92. The smallest absolute Gasteiger partial charge is 0.303 e. The normalized spacial score (nSPS) is 10.4. The number of anilines is 1. The molecular formula is C15H20N2O4. The molecule has 0 bridgehead atoms. The minimum atomic E-state index is -0.835. The van der Waals surface area contributed by atoms with E-state index in [1.165, 1.54) is 6.92 Å². The molecule has 0 spiro atoms. The van der Waals surface area contributed by atoms with Gasteiger partial charge in [0.1, 0.15) is 0 Å². The van der Waals surface area contributed by atoms with Crippen LogP contribution in [0.1, 0.15) is 30.1 Å². The van der Waals surface area contributed by atoms with Crippen LogP contribution in [0.2, 0.25) is 0 Å². The molecule has 0 aromatic heterocycles. The first-order chi connectivity index (χ1) is 9.88. The van der Waals surface area contributed by atoms with E-state index in [0.29, 0.717) is 24.2 Å². The molecular weight excluding hydrogens is 272 g/mol. The Morgan fingerprint density at radius 3 is 2.33 bits per heavy atom. The molecule has 2 N–H and O–H groups in total. The van der Waals surface area contributed by atoms with Gasteiger partial charge in [-0.15, -0.1) is 0 Å². The van der Waals surface area contributed by atoms with E-state index < -0.39 is 5.97 Å². The van der Waals surface area contributed by atoms with Gasteiger partial charge in [0.15, 0.2) is 5.78 Å². The van der Waals surface area contributed by atoms with Gasteiger partial charge in [-0.25, -0.2) is 0 Å². The van der Waals surface area contributed by atoms with Gasteiger partial charge >= 0.3 is 5.97 Å². The quantitative estimate of drug-likeness (QED) is 0.711. The van der Waals surface area contributed by atoms with E-state index in [0.717, 1.165) is 0 Å². The molecule has 6 nitrogen and oxygen atoms in total. The van der Waals surface area contributed by atoms with Crippen molar-refractivity contribution in [2.75, 3.05) is 25.5 Å². The van der Waals surface area contributed by atoms with E-state index in [9.17, 15) is 14.4 Å². The molecule has 0 heterocycles. The fourth-order valence-electron chi connectivity index (χ4n) is 1.81. The molecule has 21 heavy (non-hydrogen) atoms. The second-order valence-corrected chi connectivity index (χ2v) is 4.92. The fourth-order valence-corrected chi connectivity index (χ4v) is 1.81. The van der Waals surface area contributed by atoms with E-state index >= 15 is 0 Å². The lowest BCUT2D eigenvalue weighted by molar-refractivity contribution is -0.137. The number of rotatable bonds is 8. The summed E-state index contributed by atoms with van der Waals surface area (Å²) in [6, 6.07) is 6.68. The first kappa shape index (κ1) is 16.8. The van der Waals surface area contributed by atoms with Crippen molar-refractivity contribution in [1.29, 1.82) is 0 Å². The van der Waals surface area contributed by atoms with Crippen molar-refractivity contribution in [3.63, 3.8) is 0 Å². The summed E-state index contributed by atoms with van der Waals surface area (Å²) >= 11 is 0. The Balaban J connectivity index is 2.39. The number of ketones is 1. The minimum Gasteiger partial charge on any atom is -0.481 e. The molecule has 0 aliphatic carbocycles. The van der Waals surface area contributed by atoms with E-state index in [1.54, 1.807) is 36.2 Å². The molecule has 1 aromatic rings. The summed E-state index contributed by atoms with van der Waals surface area (Å²) in [5.74, 6) is -1.03. The molecule has 0 saturated heterocycles.